The van der Waals surface area contributed by atoms with Crippen LogP contribution < -0.4 is 0 Å². The van der Waals surface area contributed by atoms with Crippen LogP contribution in [0.5, 0.6) is 0 Å². The standard InChI is InChI=1S/C8H11NO4/c1-12-8(11)9-2-5-4-13-7(10)6(5)3-9/h5-6H,2-4H2,1H3/t5-,6-/m0/s1. The molecule has 0 spiro atoms. The van der Waals surface area contributed by atoms with Gasteiger partial charge in [-0.05, 0) is 0 Å². The summed E-state index contributed by atoms with van der Waals surface area (Å²) in [5.41, 5.74) is 0. The molecule has 2 aliphatic heterocycles. The van der Waals surface area contributed by atoms with Crippen molar-refractivity contribution in [3.05, 3.63) is 0 Å². The Kier molecular flexibility index (Phi) is 1.86. The molecule has 72 valence electrons. The van der Waals surface area contributed by atoms with Gasteiger partial charge in [-0.3, -0.25) is 4.79 Å². The lowest BCUT2D eigenvalue weighted by Gasteiger charge is -2.14. The topological polar surface area (TPSA) is 55.8 Å². The molecule has 0 bridgehead atoms. The maximum atomic E-state index is 11.1. The molecular formula is C8H11NO4. The van der Waals surface area contributed by atoms with Crippen molar-refractivity contribution in [2.75, 3.05) is 26.8 Å². The predicted molar refractivity (Wildman–Crippen MR) is 41.9 cm³/mol. The minimum absolute atomic E-state index is 0.126. The summed E-state index contributed by atoms with van der Waals surface area (Å²) in [4.78, 5) is 23.8. The van der Waals surface area contributed by atoms with Gasteiger partial charge in [-0.25, -0.2) is 4.79 Å². The Balaban J connectivity index is 2.02. The first-order valence-corrected chi connectivity index (χ1v) is 4.22. The zero-order chi connectivity index (χ0) is 9.42. The fourth-order valence-corrected chi connectivity index (χ4v) is 1.88. The summed E-state index contributed by atoms with van der Waals surface area (Å²) in [6, 6.07) is 0. The van der Waals surface area contributed by atoms with Crippen molar-refractivity contribution >= 4 is 12.1 Å². The minimum Gasteiger partial charge on any atom is -0.465 e. The number of carbonyl (C=O) groups excluding carboxylic acids is 2. The molecule has 0 radical (unpaired) electrons. The Morgan fingerprint density at radius 1 is 1.62 bits per heavy atom. The number of fused-ring (bicyclic) bond motifs is 1. The van der Waals surface area contributed by atoms with Gasteiger partial charge in [0, 0.05) is 19.0 Å². The highest BCUT2D eigenvalue weighted by molar-refractivity contribution is 5.77. The van der Waals surface area contributed by atoms with Crippen molar-refractivity contribution in [1.29, 1.82) is 0 Å². The molecule has 0 aromatic heterocycles. The number of likely N-dealkylation sites (tertiary alicyclic amines) is 1. The number of hydrogen-bond acceptors (Lipinski definition) is 4. The first-order chi connectivity index (χ1) is 6.22. The molecule has 2 aliphatic rings. The summed E-state index contributed by atoms with van der Waals surface area (Å²) in [5.74, 6) is -0.137. The fourth-order valence-electron chi connectivity index (χ4n) is 1.88. The average Bonchev–Trinajstić information content (AvgIpc) is 2.67. The van der Waals surface area contributed by atoms with Crippen LogP contribution in [0.15, 0.2) is 0 Å². The van der Waals surface area contributed by atoms with Crippen molar-refractivity contribution in [1.82, 2.24) is 4.90 Å². The Bertz CT molecular complexity index is 253. The molecule has 2 rings (SSSR count). The normalized spacial score (nSPS) is 31.5. The third kappa shape index (κ3) is 1.24. The molecule has 2 heterocycles. The summed E-state index contributed by atoms with van der Waals surface area (Å²) in [7, 11) is 1.34. The van der Waals surface area contributed by atoms with Crippen molar-refractivity contribution in [2.24, 2.45) is 11.8 Å². The van der Waals surface area contributed by atoms with Gasteiger partial charge in [0.2, 0.25) is 0 Å². The van der Waals surface area contributed by atoms with E-state index in [1.54, 1.807) is 4.90 Å². The number of methoxy groups -OCH3 is 1. The van der Waals surface area contributed by atoms with Gasteiger partial charge in [-0.2, -0.15) is 0 Å². The molecule has 2 saturated heterocycles. The smallest absolute Gasteiger partial charge is 0.409 e. The summed E-state index contributed by atoms with van der Waals surface area (Å²) in [6.07, 6.45) is -0.359. The number of rotatable bonds is 0. The highest BCUT2D eigenvalue weighted by Crippen LogP contribution is 2.30. The van der Waals surface area contributed by atoms with Crippen LogP contribution in [-0.2, 0) is 14.3 Å². The zero-order valence-corrected chi connectivity index (χ0v) is 7.36. The number of hydrogen-bond donors (Lipinski definition) is 0. The Morgan fingerprint density at radius 3 is 3.00 bits per heavy atom. The second kappa shape index (κ2) is 2.90. The third-order valence-corrected chi connectivity index (χ3v) is 2.62. The molecule has 0 N–H and O–H groups in total. The number of cyclic esters (lactones) is 1. The monoisotopic (exact) mass is 185 g/mol. The van der Waals surface area contributed by atoms with Crippen LogP contribution in [0.25, 0.3) is 0 Å². The third-order valence-electron chi connectivity index (χ3n) is 2.62. The first kappa shape index (κ1) is 8.34. The summed E-state index contributed by atoms with van der Waals surface area (Å²) in [5, 5.41) is 0. The Morgan fingerprint density at radius 2 is 2.38 bits per heavy atom. The lowest BCUT2D eigenvalue weighted by molar-refractivity contribution is -0.141. The molecule has 0 aromatic rings. The van der Waals surface area contributed by atoms with Gasteiger partial charge in [0.15, 0.2) is 0 Å². The molecule has 5 heteroatoms. The van der Waals surface area contributed by atoms with Gasteiger partial charge >= 0.3 is 12.1 Å². The SMILES string of the molecule is COC(=O)N1C[C@H]2COC(=O)[C@H]2C1. The molecule has 0 saturated carbocycles. The van der Waals surface area contributed by atoms with Crippen LogP contribution in [0.3, 0.4) is 0 Å². The van der Waals surface area contributed by atoms with E-state index in [1.807, 2.05) is 0 Å². The van der Waals surface area contributed by atoms with Crippen LogP contribution in [0.4, 0.5) is 4.79 Å². The van der Waals surface area contributed by atoms with Crippen LogP contribution >= 0.6 is 0 Å². The molecule has 5 nitrogen and oxygen atoms in total. The highest BCUT2D eigenvalue weighted by atomic mass is 16.5. The summed E-state index contributed by atoms with van der Waals surface area (Å²) >= 11 is 0. The Labute approximate surface area is 75.6 Å². The molecule has 13 heavy (non-hydrogen) atoms. The van der Waals surface area contributed by atoms with Crippen LogP contribution in [-0.4, -0.2) is 43.8 Å². The average molecular weight is 185 g/mol. The first-order valence-electron chi connectivity index (χ1n) is 4.22. The van der Waals surface area contributed by atoms with Crippen molar-refractivity contribution in [3.63, 3.8) is 0 Å². The molecule has 0 unspecified atom stereocenters. The van der Waals surface area contributed by atoms with E-state index in [1.165, 1.54) is 7.11 Å². The van der Waals surface area contributed by atoms with E-state index >= 15 is 0 Å². The number of amides is 1. The maximum Gasteiger partial charge on any atom is 0.409 e. The van der Waals surface area contributed by atoms with Crippen molar-refractivity contribution in [3.8, 4) is 0 Å². The number of esters is 1. The number of carbonyl (C=O) groups is 2. The summed E-state index contributed by atoms with van der Waals surface area (Å²) < 4.78 is 9.43. The van der Waals surface area contributed by atoms with Crippen molar-refractivity contribution < 1.29 is 19.1 Å². The van der Waals surface area contributed by atoms with E-state index in [4.69, 9.17) is 4.74 Å². The summed E-state index contributed by atoms with van der Waals surface area (Å²) in [6.45, 7) is 1.45. The van der Waals surface area contributed by atoms with Gasteiger partial charge in [0.1, 0.15) is 0 Å². The lowest BCUT2D eigenvalue weighted by Crippen LogP contribution is -2.30. The maximum absolute atomic E-state index is 11.1. The van der Waals surface area contributed by atoms with E-state index in [0.717, 1.165) is 0 Å². The largest absolute Gasteiger partial charge is 0.465 e. The van der Waals surface area contributed by atoms with Crippen LogP contribution in [0.2, 0.25) is 0 Å². The second-order valence-corrected chi connectivity index (χ2v) is 3.37. The van der Waals surface area contributed by atoms with Gasteiger partial charge in [-0.1, -0.05) is 0 Å². The van der Waals surface area contributed by atoms with E-state index in [-0.39, 0.29) is 23.9 Å². The van der Waals surface area contributed by atoms with Gasteiger partial charge < -0.3 is 14.4 Å². The molecular weight excluding hydrogens is 174 g/mol. The van der Waals surface area contributed by atoms with E-state index < -0.39 is 0 Å². The highest BCUT2D eigenvalue weighted by Gasteiger charge is 2.45. The van der Waals surface area contributed by atoms with E-state index in [2.05, 4.69) is 4.74 Å². The van der Waals surface area contributed by atoms with Crippen molar-refractivity contribution in [2.45, 2.75) is 0 Å². The van der Waals surface area contributed by atoms with Gasteiger partial charge in [0.05, 0.1) is 19.6 Å². The minimum atomic E-state index is -0.359. The van der Waals surface area contributed by atoms with E-state index in [9.17, 15) is 9.59 Å². The van der Waals surface area contributed by atoms with Gasteiger partial charge in [0.25, 0.3) is 0 Å². The second-order valence-electron chi connectivity index (χ2n) is 3.37. The van der Waals surface area contributed by atoms with E-state index in [0.29, 0.717) is 19.7 Å². The Hall–Kier alpha value is -1.26. The predicted octanol–water partition coefficient (Wildman–Crippen LogP) is -0.142. The van der Waals surface area contributed by atoms with Gasteiger partial charge in [-0.15, -0.1) is 0 Å². The fraction of sp³-hybridized carbons (Fsp3) is 0.750. The number of nitrogens with zero attached hydrogens (tertiary/aromatic N) is 1. The number of ether oxygens (including phenoxy) is 2. The molecule has 1 amide bonds. The molecule has 2 atom stereocenters. The van der Waals surface area contributed by atoms with Crippen LogP contribution in [0, 0.1) is 11.8 Å². The zero-order valence-electron chi connectivity index (χ0n) is 7.36. The lowest BCUT2D eigenvalue weighted by atomic mass is 10.0. The van der Waals surface area contributed by atoms with Crippen LogP contribution in [0.1, 0.15) is 0 Å². The molecule has 0 aromatic carbocycles. The quantitative estimate of drug-likeness (QED) is 0.493. The molecule has 2 fully saturated rings. The molecule has 0 aliphatic carbocycles.